The molecule has 0 spiro atoms. The highest BCUT2D eigenvalue weighted by molar-refractivity contribution is 7.92. The van der Waals surface area contributed by atoms with E-state index in [1.54, 1.807) is 48.5 Å². The third-order valence-electron chi connectivity index (χ3n) is 4.40. The van der Waals surface area contributed by atoms with Crippen LogP contribution in [-0.2, 0) is 16.6 Å². The number of anilines is 1. The summed E-state index contributed by atoms with van der Waals surface area (Å²) < 4.78 is 25.7. The average molecular weight is 409 g/mol. The van der Waals surface area contributed by atoms with E-state index in [9.17, 15) is 13.2 Å². The van der Waals surface area contributed by atoms with Crippen molar-refractivity contribution < 1.29 is 13.2 Å². The summed E-state index contributed by atoms with van der Waals surface area (Å²) in [5.74, 6) is 0.201. The molecule has 2 rings (SSSR count). The van der Waals surface area contributed by atoms with Crippen molar-refractivity contribution in [2.24, 2.45) is 5.92 Å². The Labute approximate surface area is 166 Å². The third kappa shape index (κ3) is 5.97. The van der Waals surface area contributed by atoms with E-state index in [1.165, 1.54) is 4.31 Å². The van der Waals surface area contributed by atoms with Crippen molar-refractivity contribution in [2.75, 3.05) is 10.6 Å². The van der Waals surface area contributed by atoms with Crippen molar-refractivity contribution in [1.29, 1.82) is 0 Å². The molecule has 1 N–H and O–H groups in total. The Morgan fingerprint density at radius 2 is 1.74 bits per heavy atom. The van der Waals surface area contributed by atoms with Crippen LogP contribution in [0.2, 0.25) is 5.02 Å². The van der Waals surface area contributed by atoms with Crippen LogP contribution in [0, 0.1) is 5.92 Å². The number of rotatable bonds is 7. The summed E-state index contributed by atoms with van der Waals surface area (Å²) in [6.07, 6.45) is 1.16. The Hall–Kier alpha value is -2.05. The van der Waals surface area contributed by atoms with Crippen molar-refractivity contribution in [1.82, 2.24) is 5.32 Å². The molecule has 0 saturated heterocycles. The Morgan fingerprint density at radius 1 is 1.11 bits per heavy atom. The summed E-state index contributed by atoms with van der Waals surface area (Å²) in [5, 5.41) is 3.42. The number of halogens is 1. The Morgan fingerprint density at radius 3 is 2.26 bits per heavy atom. The van der Waals surface area contributed by atoms with E-state index < -0.39 is 10.0 Å². The van der Waals surface area contributed by atoms with Crippen LogP contribution in [0.15, 0.2) is 48.5 Å². The molecule has 0 saturated carbocycles. The molecule has 27 heavy (non-hydrogen) atoms. The molecule has 1 amide bonds. The monoisotopic (exact) mass is 408 g/mol. The second-order valence-corrected chi connectivity index (χ2v) is 9.30. The first-order valence-electron chi connectivity index (χ1n) is 8.71. The molecule has 5 nitrogen and oxygen atoms in total. The molecule has 7 heteroatoms. The molecule has 0 heterocycles. The predicted molar refractivity (Wildman–Crippen MR) is 111 cm³/mol. The molecule has 0 aliphatic heterocycles. The maximum Gasteiger partial charge on any atom is 0.251 e. The van der Waals surface area contributed by atoms with E-state index in [1.807, 2.05) is 20.8 Å². The van der Waals surface area contributed by atoms with Gasteiger partial charge in [-0.25, -0.2) is 8.42 Å². The Bertz CT molecular complexity index is 896. The summed E-state index contributed by atoms with van der Waals surface area (Å²) in [5.41, 5.74) is 1.81. The molecule has 0 aromatic heterocycles. The van der Waals surface area contributed by atoms with E-state index in [2.05, 4.69) is 5.32 Å². The lowest BCUT2D eigenvalue weighted by molar-refractivity contribution is 0.0930. The van der Waals surface area contributed by atoms with E-state index >= 15 is 0 Å². The predicted octanol–water partition coefficient (Wildman–Crippen LogP) is 4.08. The van der Waals surface area contributed by atoms with Crippen molar-refractivity contribution in [3.05, 3.63) is 64.7 Å². The fraction of sp³-hybridized carbons (Fsp3) is 0.350. The van der Waals surface area contributed by atoms with Gasteiger partial charge in [0.1, 0.15) is 0 Å². The third-order valence-corrected chi connectivity index (χ3v) is 5.77. The summed E-state index contributed by atoms with van der Waals surface area (Å²) in [4.78, 5) is 12.3. The lowest BCUT2D eigenvalue weighted by Gasteiger charge is -2.23. The van der Waals surface area contributed by atoms with Gasteiger partial charge in [-0.15, -0.1) is 0 Å². The minimum Gasteiger partial charge on any atom is -0.349 e. The van der Waals surface area contributed by atoms with Gasteiger partial charge in [0, 0.05) is 16.6 Å². The first kappa shape index (κ1) is 21.3. The molecule has 0 unspecified atom stereocenters. The quantitative estimate of drug-likeness (QED) is 0.750. The number of carbonyl (C=O) groups excluding carboxylic acids is 1. The molecule has 0 aliphatic rings. The van der Waals surface area contributed by atoms with Gasteiger partial charge < -0.3 is 5.32 Å². The van der Waals surface area contributed by atoms with Gasteiger partial charge in [-0.05, 0) is 48.7 Å². The van der Waals surface area contributed by atoms with Gasteiger partial charge in [-0.2, -0.15) is 0 Å². The highest BCUT2D eigenvalue weighted by Crippen LogP contribution is 2.24. The number of hydrogen-bond acceptors (Lipinski definition) is 3. The van der Waals surface area contributed by atoms with Gasteiger partial charge in [-0.3, -0.25) is 9.10 Å². The number of nitrogens with zero attached hydrogens (tertiary/aromatic N) is 1. The summed E-state index contributed by atoms with van der Waals surface area (Å²) in [6.45, 7) is 6.21. The smallest absolute Gasteiger partial charge is 0.251 e. The van der Waals surface area contributed by atoms with Crippen LogP contribution in [0.4, 0.5) is 5.69 Å². The van der Waals surface area contributed by atoms with Gasteiger partial charge >= 0.3 is 0 Å². The fourth-order valence-corrected chi connectivity index (χ4v) is 3.48. The van der Waals surface area contributed by atoms with Crippen LogP contribution >= 0.6 is 11.6 Å². The minimum absolute atomic E-state index is 0.0701. The van der Waals surface area contributed by atoms with Crippen molar-refractivity contribution in [3.63, 3.8) is 0 Å². The first-order chi connectivity index (χ1) is 12.6. The van der Waals surface area contributed by atoms with Gasteiger partial charge in [0.2, 0.25) is 10.0 Å². The SMILES string of the molecule is CC(C)[C@H](C)NC(=O)c1ccc(CN(c2cccc(Cl)c2)S(C)(=O)=O)cc1. The summed E-state index contributed by atoms with van der Waals surface area (Å²) in [7, 11) is -3.49. The van der Waals surface area contributed by atoms with Gasteiger partial charge in [0.05, 0.1) is 18.5 Å². The lowest BCUT2D eigenvalue weighted by atomic mass is 10.1. The largest absolute Gasteiger partial charge is 0.349 e. The summed E-state index contributed by atoms with van der Waals surface area (Å²) in [6, 6.07) is 13.7. The fourth-order valence-electron chi connectivity index (χ4n) is 2.42. The van der Waals surface area contributed by atoms with Gasteiger partial charge in [0.25, 0.3) is 5.91 Å². The van der Waals surface area contributed by atoms with Crippen molar-refractivity contribution >= 4 is 33.2 Å². The molecular weight excluding hydrogens is 384 g/mol. The number of benzene rings is 2. The molecule has 0 aliphatic carbocycles. The number of nitrogens with one attached hydrogen (secondary N) is 1. The molecule has 0 fully saturated rings. The van der Waals surface area contributed by atoms with E-state index in [0.29, 0.717) is 22.2 Å². The number of sulfonamides is 1. The molecule has 0 radical (unpaired) electrons. The topological polar surface area (TPSA) is 66.5 Å². The minimum atomic E-state index is -3.49. The second kappa shape index (κ2) is 8.76. The van der Waals surface area contributed by atoms with Crippen molar-refractivity contribution in [2.45, 2.75) is 33.4 Å². The van der Waals surface area contributed by atoms with Crippen molar-refractivity contribution in [3.8, 4) is 0 Å². The van der Waals surface area contributed by atoms with E-state index in [4.69, 9.17) is 11.6 Å². The van der Waals surface area contributed by atoms with Gasteiger partial charge in [0.15, 0.2) is 0 Å². The zero-order valence-electron chi connectivity index (χ0n) is 15.9. The van der Waals surface area contributed by atoms with Crippen LogP contribution in [0.25, 0.3) is 0 Å². The highest BCUT2D eigenvalue weighted by Gasteiger charge is 2.19. The highest BCUT2D eigenvalue weighted by atomic mass is 35.5. The molecule has 1 atom stereocenters. The first-order valence-corrected chi connectivity index (χ1v) is 10.9. The Kier molecular flexibility index (Phi) is 6.89. The maximum absolute atomic E-state index is 12.3. The average Bonchev–Trinajstić information content (AvgIpc) is 2.59. The van der Waals surface area contributed by atoms with E-state index in [0.717, 1.165) is 11.8 Å². The molecule has 146 valence electrons. The van der Waals surface area contributed by atoms with Crippen LogP contribution in [0.3, 0.4) is 0 Å². The number of carbonyl (C=O) groups is 1. The molecule has 2 aromatic rings. The number of hydrogen-bond donors (Lipinski definition) is 1. The van der Waals surface area contributed by atoms with Crippen LogP contribution < -0.4 is 9.62 Å². The summed E-state index contributed by atoms with van der Waals surface area (Å²) >= 11 is 6.00. The zero-order chi connectivity index (χ0) is 20.2. The Balaban J connectivity index is 2.19. The standard InChI is InChI=1S/C20H25ClN2O3S/c1-14(2)15(3)22-20(24)17-10-8-16(9-11-17)13-23(27(4,25)26)19-7-5-6-18(21)12-19/h5-12,14-15H,13H2,1-4H3,(H,22,24)/t15-/m0/s1. The maximum atomic E-state index is 12.3. The van der Waals surface area contributed by atoms with Gasteiger partial charge in [-0.1, -0.05) is 43.6 Å². The zero-order valence-corrected chi connectivity index (χ0v) is 17.5. The molecule has 0 bridgehead atoms. The molecular formula is C20H25ClN2O3S. The van der Waals surface area contributed by atoms with Crippen LogP contribution in [0.5, 0.6) is 0 Å². The second-order valence-electron chi connectivity index (χ2n) is 6.95. The van der Waals surface area contributed by atoms with Crippen LogP contribution in [0.1, 0.15) is 36.7 Å². The lowest BCUT2D eigenvalue weighted by Crippen LogP contribution is -2.36. The normalized spacial score (nSPS) is 12.7. The van der Waals surface area contributed by atoms with Crippen LogP contribution in [-0.4, -0.2) is 26.6 Å². The van der Waals surface area contributed by atoms with E-state index in [-0.39, 0.29) is 18.5 Å². The molecule has 2 aromatic carbocycles. The number of amides is 1.